The molecule has 1 amide bonds. The normalized spacial score (nSPS) is 10.9. The quantitative estimate of drug-likeness (QED) is 0.323. The van der Waals surface area contributed by atoms with Gasteiger partial charge in [0.25, 0.3) is 11.2 Å². The van der Waals surface area contributed by atoms with E-state index in [1.165, 1.54) is 29.1 Å². The largest absolute Gasteiger partial charge is 0.356 e. The fourth-order valence-electron chi connectivity index (χ4n) is 3.72. The molecule has 0 bridgehead atoms. The molecule has 0 spiro atoms. The lowest BCUT2D eigenvalue weighted by Crippen LogP contribution is -2.41. The minimum Gasteiger partial charge on any atom is -0.356 e. The molecule has 3 aromatic carbocycles. The number of carbonyl (C=O) groups excluding carboxylic acids is 1. The van der Waals surface area contributed by atoms with Gasteiger partial charge in [-0.15, -0.1) is 0 Å². The lowest BCUT2D eigenvalue weighted by molar-refractivity contribution is -0.384. The maximum atomic E-state index is 13.2. The van der Waals surface area contributed by atoms with Crippen LogP contribution in [0.5, 0.6) is 0 Å². The number of hydrogen-bond acceptors (Lipinski definition) is 6. The first-order valence-electron chi connectivity index (χ1n) is 10.7. The molecule has 1 aromatic heterocycles. The van der Waals surface area contributed by atoms with Crippen molar-refractivity contribution in [2.45, 2.75) is 26.4 Å². The molecule has 0 radical (unpaired) electrons. The van der Waals surface area contributed by atoms with Crippen molar-refractivity contribution in [1.82, 2.24) is 9.55 Å². The number of para-hydroxylation sites is 1. The zero-order valence-electron chi connectivity index (χ0n) is 18.7. The lowest BCUT2D eigenvalue weighted by Gasteiger charge is -2.27. The van der Waals surface area contributed by atoms with Crippen LogP contribution in [0, 0.1) is 10.1 Å². The van der Waals surface area contributed by atoms with Crippen molar-refractivity contribution in [3.05, 3.63) is 99.6 Å². The van der Waals surface area contributed by atoms with Crippen molar-refractivity contribution in [3.63, 3.8) is 0 Å². The first-order chi connectivity index (χ1) is 16.3. The Bertz CT molecular complexity index is 1400. The van der Waals surface area contributed by atoms with Crippen molar-refractivity contribution >= 4 is 39.6 Å². The van der Waals surface area contributed by atoms with Crippen molar-refractivity contribution in [1.29, 1.82) is 0 Å². The maximum absolute atomic E-state index is 13.2. The zero-order valence-corrected chi connectivity index (χ0v) is 18.7. The van der Waals surface area contributed by atoms with Crippen molar-refractivity contribution in [2.24, 2.45) is 0 Å². The molecule has 34 heavy (non-hydrogen) atoms. The number of non-ortho nitro benzene ring substituents is 1. The predicted octanol–water partition coefficient (Wildman–Crippen LogP) is 4.49. The van der Waals surface area contributed by atoms with E-state index in [1.54, 1.807) is 4.90 Å². The van der Waals surface area contributed by atoms with Gasteiger partial charge in [0.15, 0.2) is 0 Å². The van der Waals surface area contributed by atoms with Gasteiger partial charge in [0, 0.05) is 35.2 Å². The molecular weight excluding hydrogens is 434 g/mol. The molecule has 4 rings (SSSR count). The predicted molar refractivity (Wildman–Crippen MR) is 131 cm³/mol. The van der Waals surface area contributed by atoms with E-state index in [0.29, 0.717) is 11.2 Å². The number of nitrogens with zero attached hydrogens (tertiary/aromatic N) is 4. The third kappa shape index (κ3) is 4.78. The third-order valence-corrected chi connectivity index (χ3v) is 5.32. The highest BCUT2D eigenvalue weighted by atomic mass is 16.6. The molecule has 172 valence electrons. The van der Waals surface area contributed by atoms with Crippen molar-refractivity contribution < 1.29 is 9.72 Å². The molecule has 0 aliphatic carbocycles. The summed E-state index contributed by atoms with van der Waals surface area (Å²) in [6.45, 7) is 3.53. The van der Waals surface area contributed by atoms with Crippen LogP contribution in [0.2, 0.25) is 0 Å². The number of nitrogens with one attached hydrogen (secondary N) is 1. The first kappa shape index (κ1) is 22.7. The van der Waals surface area contributed by atoms with Crippen LogP contribution in [-0.2, 0) is 11.3 Å². The number of nitro benzene ring substituents is 1. The first-order valence-corrected chi connectivity index (χ1v) is 10.7. The molecule has 9 heteroatoms. The molecule has 0 fully saturated rings. The monoisotopic (exact) mass is 457 g/mol. The third-order valence-electron chi connectivity index (χ3n) is 5.32. The van der Waals surface area contributed by atoms with Gasteiger partial charge >= 0.3 is 0 Å². The number of amides is 1. The second-order valence-electron chi connectivity index (χ2n) is 8.03. The number of hydrogen-bond donors (Lipinski definition) is 1. The number of fused-ring (bicyclic) bond motifs is 1. The van der Waals surface area contributed by atoms with Crippen LogP contribution in [0.4, 0.5) is 22.7 Å². The van der Waals surface area contributed by atoms with Gasteiger partial charge in [0.05, 0.1) is 22.2 Å². The summed E-state index contributed by atoms with van der Waals surface area (Å²) in [6.07, 6.45) is 1.29. The Morgan fingerprint density at radius 1 is 1.06 bits per heavy atom. The fraction of sp³-hybridized carbons (Fsp3) is 0.160. The summed E-state index contributed by atoms with van der Waals surface area (Å²) in [5.74, 6) is -0.299. The standard InChI is InChI=1S/C25H23N5O4/c1-17(2)29(20-10-8-19(9-11-20)27-18-6-4-3-5-7-18)24(31)15-28-16-26-23-13-12-21(30(33)34)14-22(23)25(28)32/h3-14,16-17,27H,15H2,1-2H3. The molecule has 0 unspecified atom stereocenters. The van der Waals surface area contributed by atoms with E-state index >= 15 is 0 Å². The van der Waals surface area contributed by atoms with E-state index in [0.717, 1.165) is 11.4 Å². The van der Waals surface area contributed by atoms with E-state index in [1.807, 2.05) is 68.4 Å². The highest BCUT2D eigenvalue weighted by Gasteiger charge is 2.21. The lowest BCUT2D eigenvalue weighted by atomic mass is 10.2. The van der Waals surface area contributed by atoms with Crippen LogP contribution in [0.1, 0.15) is 13.8 Å². The average Bonchev–Trinajstić information content (AvgIpc) is 2.82. The Morgan fingerprint density at radius 2 is 1.74 bits per heavy atom. The summed E-state index contributed by atoms with van der Waals surface area (Å²) in [5, 5.41) is 14.5. The second-order valence-corrected chi connectivity index (χ2v) is 8.03. The van der Waals surface area contributed by atoms with E-state index in [9.17, 15) is 19.7 Å². The summed E-state index contributed by atoms with van der Waals surface area (Å²) >= 11 is 0. The van der Waals surface area contributed by atoms with Gasteiger partial charge in [0.1, 0.15) is 6.54 Å². The summed E-state index contributed by atoms with van der Waals surface area (Å²) < 4.78 is 1.18. The minimum absolute atomic E-state index is 0.0944. The summed E-state index contributed by atoms with van der Waals surface area (Å²) in [6, 6.07) is 20.9. The molecule has 1 heterocycles. The number of benzene rings is 3. The molecule has 0 aliphatic heterocycles. The molecular formula is C25H23N5O4. The van der Waals surface area contributed by atoms with Gasteiger partial charge in [-0.25, -0.2) is 4.98 Å². The molecule has 0 saturated heterocycles. The molecule has 9 nitrogen and oxygen atoms in total. The number of aromatic nitrogens is 2. The van der Waals surface area contributed by atoms with Crippen LogP contribution >= 0.6 is 0 Å². The molecule has 0 saturated carbocycles. The summed E-state index contributed by atoms with van der Waals surface area (Å²) in [7, 11) is 0. The second kappa shape index (κ2) is 9.53. The van der Waals surface area contributed by atoms with Crippen LogP contribution in [0.3, 0.4) is 0 Å². The Morgan fingerprint density at radius 3 is 2.38 bits per heavy atom. The van der Waals surface area contributed by atoms with Gasteiger partial charge < -0.3 is 10.2 Å². The van der Waals surface area contributed by atoms with E-state index < -0.39 is 10.5 Å². The molecule has 0 aliphatic rings. The highest BCUT2D eigenvalue weighted by Crippen LogP contribution is 2.23. The van der Waals surface area contributed by atoms with Gasteiger partial charge in [0.2, 0.25) is 5.91 Å². The Balaban J connectivity index is 1.58. The fourth-order valence-corrected chi connectivity index (χ4v) is 3.72. The van der Waals surface area contributed by atoms with Crippen molar-refractivity contribution in [3.8, 4) is 0 Å². The molecule has 1 N–H and O–H groups in total. The van der Waals surface area contributed by atoms with Gasteiger partial charge in [-0.1, -0.05) is 18.2 Å². The van der Waals surface area contributed by atoms with Crippen molar-refractivity contribution in [2.75, 3.05) is 10.2 Å². The van der Waals surface area contributed by atoms with Crippen LogP contribution in [0.25, 0.3) is 10.9 Å². The summed E-state index contributed by atoms with van der Waals surface area (Å²) in [4.78, 5) is 42.4. The minimum atomic E-state index is -0.571. The average molecular weight is 457 g/mol. The molecule has 0 atom stereocenters. The smallest absolute Gasteiger partial charge is 0.270 e. The number of rotatable bonds is 7. The number of anilines is 3. The Labute approximate surface area is 195 Å². The molecule has 4 aromatic rings. The van der Waals surface area contributed by atoms with Crippen LogP contribution < -0.4 is 15.8 Å². The van der Waals surface area contributed by atoms with Gasteiger partial charge in [-0.2, -0.15) is 0 Å². The number of carbonyl (C=O) groups is 1. The summed E-state index contributed by atoms with van der Waals surface area (Å²) in [5.41, 5.74) is 2.15. The van der Waals surface area contributed by atoms with E-state index in [4.69, 9.17) is 0 Å². The SMILES string of the molecule is CC(C)N(C(=O)Cn1cnc2ccc([N+](=O)[O-])cc2c1=O)c1ccc(Nc2ccccc2)cc1. The van der Waals surface area contributed by atoms with Crippen LogP contribution in [0.15, 0.2) is 83.9 Å². The Kier molecular flexibility index (Phi) is 6.35. The van der Waals surface area contributed by atoms with Gasteiger partial charge in [-0.3, -0.25) is 24.3 Å². The topological polar surface area (TPSA) is 110 Å². The Hall–Kier alpha value is -4.53. The maximum Gasteiger partial charge on any atom is 0.270 e. The van der Waals surface area contributed by atoms with Gasteiger partial charge in [-0.05, 0) is 56.3 Å². The van der Waals surface area contributed by atoms with E-state index in [-0.39, 0.29) is 29.6 Å². The van der Waals surface area contributed by atoms with Crippen LogP contribution in [-0.4, -0.2) is 26.4 Å². The number of nitro groups is 1. The van der Waals surface area contributed by atoms with E-state index in [2.05, 4.69) is 10.3 Å². The highest BCUT2D eigenvalue weighted by molar-refractivity contribution is 5.94. The zero-order chi connectivity index (χ0) is 24.2.